The van der Waals surface area contributed by atoms with Gasteiger partial charge in [-0.1, -0.05) is 44.6 Å². The zero-order valence-corrected chi connectivity index (χ0v) is 14.6. The van der Waals surface area contributed by atoms with Gasteiger partial charge in [-0.25, -0.2) is 0 Å². The van der Waals surface area contributed by atoms with Crippen LogP contribution >= 0.6 is 0 Å². The molecule has 1 saturated carbocycles. The van der Waals surface area contributed by atoms with E-state index in [4.69, 9.17) is 5.73 Å². The molecule has 1 aliphatic rings. The van der Waals surface area contributed by atoms with Crippen molar-refractivity contribution in [1.29, 1.82) is 0 Å². The molecule has 1 aromatic rings. The van der Waals surface area contributed by atoms with Crippen LogP contribution in [0.3, 0.4) is 0 Å². The molecule has 3 N–H and O–H groups in total. The molecular weight excluding hydrogens is 347 g/mol. The van der Waals surface area contributed by atoms with Gasteiger partial charge in [0.2, 0.25) is 5.91 Å². The summed E-state index contributed by atoms with van der Waals surface area (Å²) in [6.07, 6.45) is 1.76. The van der Waals surface area contributed by atoms with Crippen LogP contribution in [0, 0.1) is 5.92 Å². The molecule has 1 aliphatic carbocycles. The number of rotatable bonds is 8. The lowest BCUT2D eigenvalue weighted by molar-refractivity contribution is -0.274. The minimum atomic E-state index is -4.70. The molecule has 0 aliphatic heterocycles. The van der Waals surface area contributed by atoms with Crippen LogP contribution in [0.25, 0.3) is 5.73 Å². The molecule has 0 bridgehead atoms. The van der Waals surface area contributed by atoms with Gasteiger partial charge in [0.15, 0.2) is 0 Å². The maximum Gasteiger partial charge on any atom is 0.573 e. The lowest BCUT2D eigenvalue weighted by Gasteiger charge is -2.28. The molecule has 0 radical (unpaired) electrons. The second kappa shape index (κ2) is 9.66. The van der Waals surface area contributed by atoms with Crippen molar-refractivity contribution in [3.8, 4) is 5.75 Å². The minimum absolute atomic E-state index is 0.272. The van der Waals surface area contributed by atoms with Crippen molar-refractivity contribution in [3.05, 3.63) is 30.0 Å². The average molecular weight is 372 g/mol. The van der Waals surface area contributed by atoms with E-state index in [1.165, 1.54) is 43.5 Å². The lowest BCUT2D eigenvalue weighted by Crippen LogP contribution is -2.36. The Hall–Kier alpha value is -1.96. The monoisotopic (exact) mass is 372 g/mol. The van der Waals surface area contributed by atoms with Crippen molar-refractivity contribution in [2.45, 2.75) is 50.9 Å². The Kier molecular flexibility index (Phi) is 7.56. The molecule has 1 fully saturated rings. The highest BCUT2D eigenvalue weighted by Gasteiger charge is 2.30. The Labute approximate surface area is 151 Å². The van der Waals surface area contributed by atoms with E-state index in [9.17, 15) is 18.0 Å². The van der Waals surface area contributed by atoms with Gasteiger partial charge >= 0.3 is 6.36 Å². The molecule has 5 nitrogen and oxygen atoms in total. The third kappa shape index (κ3) is 7.51. The second-order valence-corrected chi connectivity index (χ2v) is 6.58. The largest absolute Gasteiger partial charge is 0.667 e. The maximum absolute atomic E-state index is 12.1. The first-order valence-corrected chi connectivity index (χ1v) is 8.92. The molecule has 2 rings (SSSR count). The average Bonchev–Trinajstić information content (AvgIpc) is 2.59. The minimum Gasteiger partial charge on any atom is -0.667 e. The number of hydrogen-bond acceptors (Lipinski definition) is 3. The molecule has 0 heterocycles. The summed E-state index contributed by atoms with van der Waals surface area (Å²) >= 11 is 0. The van der Waals surface area contributed by atoms with Gasteiger partial charge in [-0.05, 0) is 30.2 Å². The number of amides is 1. The molecule has 26 heavy (non-hydrogen) atoms. The van der Waals surface area contributed by atoms with Gasteiger partial charge in [0.25, 0.3) is 0 Å². The number of carbonyl (C=O) groups excluding carboxylic acids is 1. The highest BCUT2D eigenvalue weighted by molar-refractivity contribution is 5.83. The van der Waals surface area contributed by atoms with Crippen LogP contribution < -0.4 is 15.4 Å². The number of carbonyl (C=O) groups is 1. The van der Waals surface area contributed by atoms with Crippen LogP contribution in [0.4, 0.5) is 18.9 Å². The van der Waals surface area contributed by atoms with Gasteiger partial charge in [-0.15, -0.1) is 13.2 Å². The number of halogens is 3. The van der Waals surface area contributed by atoms with Crippen molar-refractivity contribution in [3.63, 3.8) is 0 Å². The zero-order valence-electron chi connectivity index (χ0n) is 14.6. The summed E-state index contributed by atoms with van der Waals surface area (Å²) in [5.41, 5.74) is 8.59. The van der Waals surface area contributed by atoms with E-state index in [2.05, 4.69) is 15.4 Å². The first-order valence-electron chi connectivity index (χ1n) is 8.92. The molecule has 0 aromatic heterocycles. The van der Waals surface area contributed by atoms with Crippen molar-refractivity contribution in [2.75, 3.05) is 18.4 Å². The van der Waals surface area contributed by atoms with Gasteiger partial charge in [-0.2, -0.15) is 0 Å². The van der Waals surface area contributed by atoms with E-state index in [0.717, 1.165) is 12.8 Å². The third-order valence-electron chi connectivity index (χ3n) is 4.45. The number of ether oxygens (including phenoxy) is 1. The van der Waals surface area contributed by atoms with Crippen LogP contribution in [-0.4, -0.2) is 31.4 Å². The first kappa shape index (κ1) is 20.4. The molecule has 0 spiro atoms. The summed E-state index contributed by atoms with van der Waals surface area (Å²) in [6, 6.07) is 4.65. The normalized spacial score (nSPS) is 16.8. The third-order valence-corrected chi connectivity index (χ3v) is 4.45. The Morgan fingerprint density at radius 2 is 1.81 bits per heavy atom. The number of alkyl halides is 3. The number of hydrogen-bond donors (Lipinski definition) is 2. The summed E-state index contributed by atoms with van der Waals surface area (Å²) in [7, 11) is 0. The van der Waals surface area contributed by atoms with Gasteiger partial charge in [0.1, 0.15) is 5.75 Å². The van der Waals surface area contributed by atoms with E-state index in [0.29, 0.717) is 31.1 Å². The van der Waals surface area contributed by atoms with E-state index in [1.54, 1.807) is 0 Å². The predicted molar refractivity (Wildman–Crippen MR) is 93.9 cm³/mol. The summed E-state index contributed by atoms with van der Waals surface area (Å²) in [5, 5.41) is 5.72. The maximum atomic E-state index is 12.1. The van der Waals surface area contributed by atoms with Crippen molar-refractivity contribution < 1.29 is 22.7 Å². The van der Waals surface area contributed by atoms with Gasteiger partial charge in [0, 0.05) is 18.8 Å². The van der Waals surface area contributed by atoms with Crippen LogP contribution in [0.2, 0.25) is 0 Å². The second-order valence-electron chi connectivity index (χ2n) is 6.58. The Morgan fingerprint density at radius 3 is 2.42 bits per heavy atom. The van der Waals surface area contributed by atoms with Gasteiger partial charge in [0.05, 0.1) is 0 Å². The SMILES string of the molecule is [NH-][C@@H](CC1CCCCC1)C(=O)NCCNc1ccc(OC(F)(F)F)cc1. The molecule has 146 valence electrons. The standard InChI is InChI=1S/C18H25F3N3O2/c19-18(20,21)26-15-8-6-14(7-9-15)23-10-11-24-17(25)16(22)12-13-4-2-1-3-5-13/h6-9,13,16,22-23H,1-5,10-12H2,(H,24,25)/q-1/t16-/m0/s1. The van der Waals surface area contributed by atoms with E-state index >= 15 is 0 Å². The summed E-state index contributed by atoms with van der Waals surface area (Å²) in [5.74, 6) is -0.0741. The van der Waals surface area contributed by atoms with Crippen molar-refractivity contribution >= 4 is 11.6 Å². The molecule has 1 aromatic carbocycles. The van der Waals surface area contributed by atoms with Gasteiger partial charge in [-0.3, -0.25) is 4.79 Å². The highest BCUT2D eigenvalue weighted by atomic mass is 19.4. The summed E-state index contributed by atoms with van der Waals surface area (Å²) in [6.45, 7) is 0.765. The van der Waals surface area contributed by atoms with Crippen LogP contribution in [0.1, 0.15) is 38.5 Å². The molecular formula is C18H25F3N3O2-. The topological polar surface area (TPSA) is 74.2 Å². The van der Waals surface area contributed by atoms with E-state index in [-0.39, 0.29) is 11.7 Å². The Morgan fingerprint density at radius 1 is 1.15 bits per heavy atom. The van der Waals surface area contributed by atoms with Crippen LogP contribution in [0.5, 0.6) is 5.75 Å². The smallest absolute Gasteiger partial charge is 0.573 e. The van der Waals surface area contributed by atoms with E-state index in [1.807, 2.05) is 0 Å². The number of benzene rings is 1. The van der Waals surface area contributed by atoms with Crippen molar-refractivity contribution in [2.24, 2.45) is 5.92 Å². The lowest BCUT2D eigenvalue weighted by atomic mass is 9.85. The molecule has 0 unspecified atom stereocenters. The Bertz CT molecular complexity index is 558. The van der Waals surface area contributed by atoms with Crippen LogP contribution in [0.15, 0.2) is 24.3 Å². The molecule has 8 heteroatoms. The highest BCUT2D eigenvalue weighted by Crippen LogP contribution is 2.28. The van der Waals surface area contributed by atoms with Crippen LogP contribution in [-0.2, 0) is 4.79 Å². The fourth-order valence-electron chi connectivity index (χ4n) is 3.15. The first-order chi connectivity index (χ1) is 12.3. The fraction of sp³-hybridized carbons (Fsp3) is 0.611. The number of anilines is 1. The quantitative estimate of drug-likeness (QED) is 0.660. The fourth-order valence-corrected chi connectivity index (χ4v) is 3.15. The Balaban J connectivity index is 1.63. The molecule has 1 amide bonds. The molecule has 1 atom stereocenters. The van der Waals surface area contributed by atoms with E-state index < -0.39 is 12.4 Å². The number of nitrogens with one attached hydrogen (secondary N) is 3. The zero-order chi connectivity index (χ0) is 19.0. The summed E-state index contributed by atoms with van der Waals surface area (Å²) in [4.78, 5) is 12.0. The summed E-state index contributed by atoms with van der Waals surface area (Å²) < 4.78 is 40.1. The van der Waals surface area contributed by atoms with Gasteiger partial charge < -0.3 is 21.1 Å². The van der Waals surface area contributed by atoms with Crippen molar-refractivity contribution in [1.82, 2.24) is 5.32 Å². The molecule has 0 saturated heterocycles. The predicted octanol–water partition coefficient (Wildman–Crippen LogP) is 4.50.